The van der Waals surface area contributed by atoms with Gasteiger partial charge in [-0.3, -0.25) is 9.59 Å². The predicted octanol–water partition coefficient (Wildman–Crippen LogP) is 3.90. The van der Waals surface area contributed by atoms with Gasteiger partial charge in [0.2, 0.25) is 11.8 Å². The number of rotatable bonds is 7. The van der Waals surface area contributed by atoms with E-state index < -0.39 is 23.5 Å². The number of amides is 1. The maximum atomic E-state index is 14.1. The molecule has 6 nitrogen and oxygen atoms in total. The van der Waals surface area contributed by atoms with Crippen molar-refractivity contribution in [2.45, 2.75) is 32.9 Å². The summed E-state index contributed by atoms with van der Waals surface area (Å²) >= 11 is 0. The summed E-state index contributed by atoms with van der Waals surface area (Å²) in [6, 6.07) is 8.54. The average Bonchev–Trinajstić information content (AvgIpc) is 3.09. The average molecular weight is 402 g/mol. The molecule has 3 aromatic rings. The minimum absolute atomic E-state index is 0.0170. The largest absolute Gasteiger partial charge is 0.469 e. The quantitative estimate of drug-likeness (QED) is 0.561. The Bertz CT molecular complexity index is 1050. The third-order valence-electron chi connectivity index (χ3n) is 4.41. The summed E-state index contributed by atoms with van der Waals surface area (Å²) in [5.41, 5.74) is 2.22. The van der Waals surface area contributed by atoms with E-state index in [9.17, 15) is 18.4 Å². The lowest BCUT2D eigenvalue weighted by Gasteiger charge is -2.21. The molecule has 152 valence electrons. The van der Waals surface area contributed by atoms with Crippen LogP contribution in [-0.2, 0) is 27.4 Å². The van der Waals surface area contributed by atoms with Crippen LogP contribution in [0.3, 0.4) is 0 Å². The molecule has 0 atom stereocenters. The van der Waals surface area contributed by atoms with E-state index in [1.165, 1.54) is 12.0 Å². The first-order valence-electron chi connectivity index (χ1n) is 9.00. The van der Waals surface area contributed by atoms with Crippen LogP contribution in [0, 0.1) is 18.6 Å². The summed E-state index contributed by atoms with van der Waals surface area (Å²) in [5, 5.41) is 0. The molecular formula is C21H20F2N2O4. The summed E-state index contributed by atoms with van der Waals surface area (Å²) in [6.07, 6.45) is -0.257. The van der Waals surface area contributed by atoms with E-state index in [0.29, 0.717) is 11.1 Å². The second kappa shape index (κ2) is 8.81. The first kappa shape index (κ1) is 20.4. The van der Waals surface area contributed by atoms with Gasteiger partial charge in [0.1, 0.15) is 17.2 Å². The third-order valence-corrected chi connectivity index (χ3v) is 4.41. The van der Waals surface area contributed by atoms with Gasteiger partial charge in [-0.1, -0.05) is 6.07 Å². The van der Waals surface area contributed by atoms with E-state index in [-0.39, 0.29) is 37.4 Å². The number of benzene rings is 2. The number of carbonyl (C=O) groups excluding carboxylic acids is 2. The van der Waals surface area contributed by atoms with E-state index in [1.807, 2.05) is 19.1 Å². The van der Waals surface area contributed by atoms with Gasteiger partial charge < -0.3 is 14.1 Å². The maximum Gasteiger partial charge on any atom is 0.306 e. The zero-order chi connectivity index (χ0) is 21.0. The lowest BCUT2D eigenvalue weighted by molar-refractivity contribution is -0.144. The predicted molar refractivity (Wildman–Crippen MR) is 101 cm³/mol. The van der Waals surface area contributed by atoms with Gasteiger partial charge in [-0.2, -0.15) is 0 Å². The van der Waals surface area contributed by atoms with Gasteiger partial charge in [-0.25, -0.2) is 13.8 Å². The van der Waals surface area contributed by atoms with E-state index in [1.54, 1.807) is 6.07 Å². The van der Waals surface area contributed by atoms with Gasteiger partial charge >= 0.3 is 5.97 Å². The van der Waals surface area contributed by atoms with Crippen molar-refractivity contribution in [3.63, 3.8) is 0 Å². The van der Waals surface area contributed by atoms with Crippen molar-refractivity contribution in [2.75, 3.05) is 7.11 Å². The Labute approximate surface area is 166 Å². The summed E-state index contributed by atoms with van der Waals surface area (Å²) in [6.45, 7) is 1.67. The second-order valence-electron chi connectivity index (χ2n) is 6.64. The van der Waals surface area contributed by atoms with Crippen molar-refractivity contribution >= 4 is 23.0 Å². The zero-order valence-electron chi connectivity index (χ0n) is 16.1. The van der Waals surface area contributed by atoms with Crippen molar-refractivity contribution in [2.24, 2.45) is 0 Å². The lowest BCUT2D eigenvalue weighted by atomic mass is 10.1. The number of fused-ring (bicyclic) bond motifs is 1. The molecule has 0 aliphatic carbocycles. The molecule has 2 aromatic carbocycles. The fourth-order valence-electron chi connectivity index (χ4n) is 2.89. The van der Waals surface area contributed by atoms with Gasteiger partial charge in [0.15, 0.2) is 5.58 Å². The number of oxazole rings is 1. The van der Waals surface area contributed by atoms with E-state index in [4.69, 9.17) is 4.42 Å². The Balaban J connectivity index is 1.85. The van der Waals surface area contributed by atoms with Gasteiger partial charge in [-0.05, 0) is 42.8 Å². The highest BCUT2D eigenvalue weighted by Crippen LogP contribution is 2.20. The molecule has 0 saturated carbocycles. The molecule has 0 N–H and O–H groups in total. The zero-order valence-corrected chi connectivity index (χ0v) is 16.1. The highest BCUT2D eigenvalue weighted by Gasteiger charge is 2.20. The molecule has 0 fully saturated rings. The van der Waals surface area contributed by atoms with E-state index >= 15 is 0 Å². The number of hydrogen-bond donors (Lipinski definition) is 0. The van der Waals surface area contributed by atoms with Gasteiger partial charge in [0.05, 0.1) is 20.1 Å². The van der Waals surface area contributed by atoms with Crippen LogP contribution in [0.4, 0.5) is 8.78 Å². The molecule has 1 heterocycles. The number of carbonyl (C=O) groups is 2. The Hall–Kier alpha value is -3.29. The number of nitrogens with zero attached hydrogens (tertiary/aromatic N) is 2. The summed E-state index contributed by atoms with van der Waals surface area (Å²) in [5.74, 6) is -1.95. The standard InChI is InChI=1S/C21H20F2N2O4/c1-13-3-6-18-17(9-13)24-19(29-18)12-25(20(26)7-8-21(27)28-2)11-14-10-15(22)4-5-16(14)23/h3-6,9-10H,7-8,11-12H2,1-2H3. The molecule has 0 radical (unpaired) electrons. The minimum Gasteiger partial charge on any atom is -0.469 e. The van der Waals surface area contributed by atoms with Crippen LogP contribution >= 0.6 is 0 Å². The van der Waals surface area contributed by atoms with Crippen LogP contribution in [0.2, 0.25) is 0 Å². The van der Waals surface area contributed by atoms with Crippen LogP contribution in [0.15, 0.2) is 40.8 Å². The highest BCUT2D eigenvalue weighted by atomic mass is 19.1. The molecule has 0 aliphatic rings. The fourth-order valence-corrected chi connectivity index (χ4v) is 2.89. The van der Waals surface area contributed by atoms with Crippen LogP contribution in [-0.4, -0.2) is 28.9 Å². The highest BCUT2D eigenvalue weighted by molar-refractivity contribution is 5.81. The SMILES string of the molecule is COC(=O)CCC(=O)N(Cc1nc2cc(C)ccc2o1)Cc1cc(F)ccc1F. The molecule has 8 heteroatoms. The smallest absolute Gasteiger partial charge is 0.306 e. The number of aromatic nitrogens is 1. The first-order valence-corrected chi connectivity index (χ1v) is 9.00. The third kappa shape index (κ3) is 5.16. The van der Waals surface area contributed by atoms with Gasteiger partial charge in [-0.15, -0.1) is 0 Å². The number of aryl methyl sites for hydroxylation is 1. The topological polar surface area (TPSA) is 72.6 Å². The Morgan fingerprint density at radius 1 is 1.10 bits per heavy atom. The first-order chi connectivity index (χ1) is 13.9. The van der Waals surface area contributed by atoms with Crippen molar-refractivity contribution < 1.29 is 27.5 Å². The van der Waals surface area contributed by atoms with Crippen LogP contribution in [0.1, 0.15) is 29.9 Å². The number of halogens is 2. The Morgan fingerprint density at radius 3 is 2.66 bits per heavy atom. The molecule has 0 saturated heterocycles. The molecule has 1 aromatic heterocycles. The van der Waals surface area contributed by atoms with Gasteiger partial charge in [0, 0.05) is 18.5 Å². The molecular weight excluding hydrogens is 382 g/mol. The number of ether oxygens (including phenoxy) is 1. The molecule has 3 rings (SSSR count). The van der Waals surface area contributed by atoms with Crippen LogP contribution in [0.25, 0.3) is 11.1 Å². The number of hydrogen-bond acceptors (Lipinski definition) is 5. The Kier molecular flexibility index (Phi) is 6.21. The number of esters is 1. The summed E-state index contributed by atoms with van der Waals surface area (Å²) < 4.78 is 37.9. The number of methoxy groups -OCH3 is 1. The fraction of sp³-hybridized carbons (Fsp3) is 0.286. The van der Waals surface area contributed by atoms with E-state index in [2.05, 4.69) is 9.72 Å². The van der Waals surface area contributed by atoms with Crippen molar-refractivity contribution in [3.8, 4) is 0 Å². The molecule has 0 unspecified atom stereocenters. The normalized spacial score (nSPS) is 10.9. The second-order valence-corrected chi connectivity index (χ2v) is 6.64. The van der Waals surface area contributed by atoms with E-state index in [0.717, 1.165) is 23.8 Å². The molecule has 1 amide bonds. The Morgan fingerprint density at radius 2 is 1.90 bits per heavy atom. The lowest BCUT2D eigenvalue weighted by Crippen LogP contribution is -2.31. The van der Waals surface area contributed by atoms with Crippen LogP contribution < -0.4 is 0 Å². The van der Waals surface area contributed by atoms with Gasteiger partial charge in [0.25, 0.3) is 0 Å². The summed E-state index contributed by atoms with van der Waals surface area (Å²) in [7, 11) is 1.23. The maximum absolute atomic E-state index is 14.1. The van der Waals surface area contributed by atoms with Crippen molar-refractivity contribution in [1.82, 2.24) is 9.88 Å². The molecule has 0 bridgehead atoms. The monoisotopic (exact) mass is 402 g/mol. The summed E-state index contributed by atoms with van der Waals surface area (Å²) in [4.78, 5) is 29.7. The van der Waals surface area contributed by atoms with Crippen molar-refractivity contribution in [1.29, 1.82) is 0 Å². The van der Waals surface area contributed by atoms with Crippen LogP contribution in [0.5, 0.6) is 0 Å². The molecule has 29 heavy (non-hydrogen) atoms. The molecule has 0 spiro atoms. The minimum atomic E-state index is -0.634. The van der Waals surface area contributed by atoms with Crippen molar-refractivity contribution in [3.05, 3.63) is 65.1 Å². The molecule has 0 aliphatic heterocycles.